The molecule has 1 heterocycles. The van der Waals surface area contributed by atoms with Crippen LogP contribution in [0.15, 0.2) is 57.7 Å². The highest BCUT2D eigenvalue weighted by atomic mass is 16.6. The van der Waals surface area contributed by atoms with Gasteiger partial charge in [0.05, 0.1) is 16.5 Å². The number of oxazole rings is 1. The van der Waals surface area contributed by atoms with Crippen LogP contribution in [0, 0.1) is 10.1 Å². The van der Waals surface area contributed by atoms with Crippen molar-refractivity contribution < 1.29 is 19.2 Å². The summed E-state index contributed by atoms with van der Waals surface area (Å²) in [5.41, 5.74) is 1.45. The van der Waals surface area contributed by atoms with Crippen LogP contribution >= 0.6 is 0 Å². The zero-order valence-electron chi connectivity index (χ0n) is 14.2. The minimum Gasteiger partial charge on any atom is -0.408 e. The van der Waals surface area contributed by atoms with Gasteiger partial charge in [-0.3, -0.25) is 19.5 Å². The lowest BCUT2D eigenvalue weighted by Crippen LogP contribution is -2.30. The van der Waals surface area contributed by atoms with Gasteiger partial charge in [-0.1, -0.05) is 12.1 Å². The predicted octanol–water partition coefficient (Wildman–Crippen LogP) is 1.74. The van der Waals surface area contributed by atoms with Gasteiger partial charge < -0.3 is 14.8 Å². The number of carbonyl (C=O) groups excluding carboxylic acids is 1. The highest BCUT2D eigenvalue weighted by Crippen LogP contribution is 2.17. The van der Waals surface area contributed by atoms with Crippen molar-refractivity contribution in [1.82, 2.24) is 9.88 Å². The normalized spacial score (nSPS) is 12.0. The molecule has 27 heavy (non-hydrogen) atoms. The lowest BCUT2D eigenvalue weighted by atomic mass is 10.1. The molecule has 1 unspecified atom stereocenters. The number of amides is 1. The molecule has 0 aliphatic carbocycles. The van der Waals surface area contributed by atoms with Crippen LogP contribution in [-0.4, -0.2) is 27.0 Å². The van der Waals surface area contributed by atoms with Crippen LogP contribution in [-0.2, 0) is 11.3 Å². The van der Waals surface area contributed by atoms with Crippen molar-refractivity contribution in [2.24, 2.45) is 0 Å². The first kappa shape index (κ1) is 18.3. The quantitative estimate of drug-likeness (QED) is 0.481. The van der Waals surface area contributed by atoms with E-state index in [-0.39, 0.29) is 31.1 Å². The molecule has 1 amide bonds. The number of para-hydroxylation sites is 2. The summed E-state index contributed by atoms with van der Waals surface area (Å²) >= 11 is 0. The Bertz CT molecular complexity index is 1020. The minimum atomic E-state index is -0.993. The molecule has 9 heteroatoms. The maximum atomic E-state index is 12.0. The molecule has 140 valence electrons. The fourth-order valence-electron chi connectivity index (χ4n) is 2.67. The van der Waals surface area contributed by atoms with Gasteiger partial charge >= 0.3 is 5.76 Å². The van der Waals surface area contributed by atoms with Gasteiger partial charge in [0.25, 0.3) is 5.69 Å². The van der Waals surface area contributed by atoms with E-state index in [9.17, 15) is 24.8 Å². The van der Waals surface area contributed by atoms with E-state index in [0.29, 0.717) is 16.7 Å². The number of nitro groups is 1. The molecule has 1 aromatic heterocycles. The number of nitrogens with one attached hydrogen (secondary N) is 1. The standard InChI is InChI=1S/C18H17N3O6/c22-15(12-5-7-13(8-6-12)21(25)26)11-19-17(23)9-10-20-14-3-1-2-4-16(14)27-18(20)24/h1-8,15,22H,9-11H2,(H,19,23). The highest BCUT2D eigenvalue weighted by molar-refractivity contribution is 5.76. The van der Waals surface area contributed by atoms with Gasteiger partial charge in [-0.05, 0) is 29.8 Å². The molecule has 2 N–H and O–H groups in total. The summed E-state index contributed by atoms with van der Waals surface area (Å²) in [4.78, 5) is 34.0. The van der Waals surface area contributed by atoms with Crippen molar-refractivity contribution in [3.63, 3.8) is 0 Å². The largest absolute Gasteiger partial charge is 0.419 e. The fourth-order valence-corrected chi connectivity index (χ4v) is 2.67. The van der Waals surface area contributed by atoms with Gasteiger partial charge in [-0.2, -0.15) is 0 Å². The molecule has 0 saturated heterocycles. The Balaban J connectivity index is 1.54. The van der Waals surface area contributed by atoms with Crippen LogP contribution in [0.5, 0.6) is 0 Å². The number of aliphatic hydroxyl groups excluding tert-OH is 1. The second-order valence-corrected chi connectivity index (χ2v) is 5.91. The number of non-ortho nitro benzene ring substituents is 1. The van der Waals surface area contributed by atoms with Gasteiger partial charge in [-0.25, -0.2) is 4.79 Å². The van der Waals surface area contributed by atoms with Crippen LogP contribution in [0.2, 0.25) is 0 Å². The number of benzene rings is 2. The number of aryl methyl sites for hydroxylation is 1. The molecular formula is C18H17N3O6. The van der Waals surface area contributed by atoms with Crippen LogP contribution in [0.4, 0.5) is 5.69 Å². The van der Waals surface area contributed by atoms with Crippen molar-refractivity contribution >= 4 is 22.7 Å². The van der Waals surface area contributed by atoms with Crippen molar-refractivity contribution in [2.75, 3.05) is 6.54 Å². The first-order valence-corrected chi connectivity index (χ1v) is 8.23. The van der Waals surface area contributed by atoms with Gasteiger partial charge in [0.1, 0.15) is 0 Å². The first-order valence-electron chi connectivity index (χ1n) is 8.23. The van der Waals surface area contributed by atoms with Crippen molar-refractivity contribution in [2.45, 2.75) is 19.1 Å². The number of carbonyl (C=O) groups is 1. The van der Waals surface area contributed by atoms with Gasteiger partial charge in [0, 0.05) is 31.6 Å². The van der Waals surface area contributed by atoms with Crippen molar-refractivity contribution in [1.29, 1.82) is 0 Å². The lowest BCUT2D eigenvalue weighted by Gasteiger charge is -2.12. The maximum Gasteiger partial charge on any atom is 0.419 e. The first-order chi connectivity index (χ1) is 13.0. The Morgan fingerprint density at radius 2 is 1.93 bits per heavy atom. The maximum absolute atomic E-state index is 12.0. The Labute approximate surface area is 153 Å². The third-order valence-electron chi connectivity index (χ3n) is 4.12. The summed E-state index contributed by atoms with van der Waals surface area (Å²) in [6.07, 6.45) is -0.955. The summed E-state index contributed by atoms with van der Waals surface area (Å²) in [6.45, 7) is 0.104. The average molecular weight is 371 g/mol. The van der Waals surface area contributed by atoms with E-state index in [1.165, 1.54) is 28.8 Å². The number of nitro benzene ring substituents is 1. The van der Waals surface area contributed by atoms with E-state index in [2.05, 4.69) is 5.32 Å². The number of hydrogen-bond donors (Lipinski definition) is 2. The van der Waals surface area contributed by atoms with Gasteiger partial charge in [0.15, 0.2) is 5.58 Å². The van der Waals surface area contributed by atoms with E-state index < -0.39 is 16.8 Å². The molecular weight excluding hydrogens is 354 g/mol. The number of rotatable bonds is 7. The molecule has 0 aliphatic rings. The fraction of sp³-hybridized carbons (Fsp3) is 0.222. The molecule has 0 saturated carbocycles. The number of nitrogens with zero attached hydrogens (tertiary/aromatic N) is 2. The van der Waals surface area contributed by atoms with E-state index in [1.807, 2.05) is 0 Å². The average Bonchev–Trinajstić information content (AvgIpc) is 2.99. The third kappa shape index (κ3) is 4.21. The Hall–Kier alpha value is -3.46. The van der Waals surface area contributed by atoms with E-state index in [0.717, 1.165) is 0 Å². The molecule has 0 aliphatic heterocycles. The van der Waals surface area contributed by atoms with Gasteiger partial charge in [0.2, 0.25) is 5.91 Å². The highest BCUT2D eigenvalue weighted by Gasteiger charge is 2.13. The number of aromatic nitrogens is 1. The molecule has 2 aromatic carbocycles. The third-order valence-corrected chi connectivity index (χ3v) is 4.12. The smallest absolute Gasteiger partial charge is 0.408 e. The molecule has 3 rings (SSSR count). The molecule has 0 spiro atoms. The van der Waals surface area contributed by atoms with E-state index >= 15 is 0 Å². The molecule has 1 atom stereocenters. The van der Waals surface area contributed by atoms with Crippen LogP contribution in [0.25, 0.3) is 11.1 Å². The zero-order chi connectivity index (χ0) is 19.4. The summed E-state index contributed by atoms with van der Waals surface area (Å²) < 4.78 is 6.48. The molecule has 0 radical (unpaired) electrons. The summed E-state index contributed by atoms with van der Waals surface area (Å²) in [5.74, 6) is -0.872. The van der Waals surface area contributed by atoms with Crippen molar-refractivity contribution in [3.8, 4) is 0 Å². The number of hydrogen-bond acceptors (Lipinski definition) is 6. The topological polar surface area (TPSA) is 128 Å². The molecule has 0 bridgehead atoms. The lowest BCUT2D eigenvalue weighted by molar-refractivity contribution is -0.384. The van der Waals surface area contributed by atoms with Gasteiger partial charge in [-0.15, -0.1) is 0 Å². The predicted molar refractivity (Wildman–Crippen MR) is 96.2 cm³/mol. The van der Waals surface area contributed by atoms with Crippen LogP contribution in [0.1, 0.15) is 18.1 Å². The Morgan fingerprint density at radius 1 is 1.22 bits per heavy atom. The molecule has 0 fully saturated rings. The number of aliphatic hydroxyl groups is 1. The number of fused-ring (bicyclic) bond motifs is 1. The summed E-state index contributed by atoms with van der Waals surface area (Å²) in [5, 5.41) is 23.3. The summed E-state index contributed by atoms with van der Waals surface area (Å²) in [6, 6.07) is 12.4. The SMILES string of the molecule is O=C(CCn1c(=O)oc2ccccc21)NCC(O)c1ccc([N+](=O)[O-])cc1. The van der Waals surface area contributed by atoms with E-state index in [4.69, 9.17) is 4.42 Å². The second-order valence-electron chi connectivity index (χ2n) is 5.91. The van der Waals surface area contributed by atoms with Crippen LogP contribution in [0.3, 0.4) is 0 Å². The molecule has 9 nitrogen and oxygen atoms in total. The minimum absolute atomic E-state index is 0.0381. The van der Waals surface area contributed by atoms with Crippen LogP contribution < -0.4 is 11.1 Å². The molecule has 3 aromatic rings. The zero-order valence-corrected chi connectivity index (χ0v) is 14.2. The Morgan fingerprint density at radius 3 is 2.63 bits per heavy atom. The van der Waals surface area contributed by atoms with E-state index in [1.54, 1.807) is 24.3 Å². The second kappa shape index (κ2) is 7.83. The Kier molecular flexibility index (Phi) is 5.32. The summed E-state index contributed by atoms with van der Waals surface area (Å²) in [7, 11) is 0. The monoisotopic (exact) mass is 371 g/mol. The van der Waals surface area contributed by atoms with Crippen molar-refractivity contribution in [3.05, 3.63) is 74.8 Å².